The summed E-state index contributed by atoms with van der Waals surface area (Å²) >= 11 is 11.9. The van der Waals surface area contributed by atoms with Gasteiger partial charge in [0.05, 0.1) is 0 Å². The van der Waals surface area contributed by atoms with Gasteiger partial charge in [-0.15, -0.1) is 23.2 Å². The third-order valence-electron chi connectivity index (χ3n) is 2.37. The van der Waals surface area contributed by atoms with E-state index in [1.165, 1.54) is 32.1 Å². The maximum absolute atomic E-state index is 5.93. The Morgan fingerprint density at radius 1 is 1.18 bits per heavy atom. The van der Waals surface area contributed by atoms with Crippen molar-refractivity contribution in [3.63, 3.8) is 0 Å². The van der Waals surface area contributed by atoms with Crippen LogP contribution in [0.3, 0.4) is 0 Å². The van der Waals surface area contributed by atoms with Crippen molar-refractivity contribution in [2.45, 2.75) is 49.8 Å². The predicted molar refractivity (Wildman–Crippen MR) is 51.3 cm³/mol. The highest BCUT2D eigenvalue weighted by molar-refractivity contribution is 6.48. The van der Waals surface area contributed by atoms with Crippen LogP contribution < -0.4 is 0 Å². The third kappa shape index (κ3) is 4.22. The number of hydrogen-bond acceptors (Lipinski definition) is 0. The minimum atomic E-state index is -0.498. The van der Waals surface area contributed by atoms with E-state index in [-0.39, 0.29) is 0 Å². The Kier molecular flexibility index (Phi) is 3.52. The summed E-state index contributed by atoms with van der Waals surface area (Å²) in [4.78, 5) is 0. The highest BCUT2D eigenvalue weighted by Crippen LogP contribution is 2.35. The van der Waals surface area contributed by atoms with Gasteiger partial charge in [-0.1, -0.05) is 32.1 Å². The van der Waals surface area contributed by atoms with Crippen molar-refractivity contribution in [1.82, 2.24) is 0 Å². The second-order valence-electron chi connectivity index (χ2n) is 3.78. The van der Waals surface area contributed by atoms with Crippen LogP contribution in [0.15, 0.2) is 0 Å². The summed E-state index contributed by atoms with van der Waals surface area (Å²) < 4.78 is -0.498. The molecule has 0 unspecified atom stereocenters. The summed E-state index contributed by atoms with van der Waals surface area (Å²) in [6, 6.07) is 0. The van der Waals surface area contributed by atoms with Gasteiger partial charge in [0.1, 0.15) is 4.33 Å². The molecule has 0 aliphatic heterocycles. The zero-order chi connectivity index (χ0) is 8.32. The molecule has 0 aromatic rings. The second kappa shape index (κ2) is 4.00. The summed E-state index contributed by atoms with van der Waals surface area (Å²) in [5.41, 5.74) is 0. The first-order chi connectivity index (χ1) is 5.08. The lowest BCUT2D eigenvalue weighted by Gasteiger charge is -2.25. The molecule has 1 aliphatic rings. The molecule has 0 atom stereocenters. The molecular formula is C9H16Cl2. The average Bonchev–Trinajstić information content (AvgIpc) is 1.85. The number of alkyl halides is 2. The van der Waals surface area contributed by atoms with Gasteiger partial charge >= 0.3 is 0 Å². The van der Waals surface area contributed by atoms with Crippen LogP contribution in [0.25, 0.3) is 0 Å². The summed E-state index contributed by atoms with van der Waals surface area (Å²) in [7, 11) is 0. The molecule has 0 aromatic heterocycles. The Bertz CT molecular complexity index is 109. The Balaban J connectivity index is 2.24. The molecule has 0 spiro atoms. The van der Waals surface area contributed by atoms with E-state index in [1.807, 2.05) is 6.92 Å². The van der Waals surface area contributed by atoms with Gasteiger partial charge in [-0.25, -0.2) is 0 Å². The minimum Gasteiger partial charge on any atom is -0.102 e. The van der Waals surface area contributed by atoms with Crippen LogP contribution in [0.4, 0.5) is 0 Å². The van der Waals surface area contributed by atoms with E-state index in [4.69, 9.17) is 23.2 Å². The van der Waals surface area contributed by atoms with Crippen LogP contribution in [-0.2, 0) is 0 Å². The monoisotopic (exact) mass is 194 g/mol. The molecule has 0 amide bonds. The van der Waals surface area contributed by atoms with Gasteiger partial charge in [-0.2, -0.15) is 0 Å². The van der Waals surface area contributed by atoms with E-state index in [9.17, 15) is 0 Å². The van der Waals surface area contributed by atoms with Gasteiger partial charge in [0.25, 0.3) is 0 Å². The van der Waals surface area contributed by atoms with E-state index in [0.29, 0.717) is 0 Å². The molecule has 0 N–H and O–H groups in total. The fraction of sp³-hybridized carbons (Fsp3) is 1.00. The van der Waals surface area contributed by atoms with Gasteiger partial charge in [0.2, 0.25) is 0 Å². The van der Waals surface area contributed by atoms with Gasteiger partial charge in [0.15, 0.2) is 0 Å². The van der Waals surface area contributed by atoms with Crippen LogP contribution in [0, 0.1) is 5.92 Å². The van der Waals surface area contributed by atoms with E-state index in [2.05, 4.69) is 0 Å². The molecule has 66 valence electrons. The molecule has 0 radical (unpaired) electrons. The minimum absolute atomic E-state index is 0.498. The summed E-state index contributed by atoms with van der Waals surface area (Å²) in [5.74, 6) is 0.781. The fourth-order valence-electron chi connectivity index (χ4n) is 1.90. The van der Waals surface area contributed by atoms with Crippen LogP contribution in [0.2, 0.25) is 0 Å². The molecule has 0 aromatic carbocycles. The van der Waals surface area contributed by atoms with E-state index in [0.717, 1.165) is 12.3 Å². The van der Waals surface area contributed by atoms with Crippen molar-refractivity contribution in [2.24, 2.45) is 5.92 Å². The first-order valence-electron chi connectivity index (χ1n) is 4.46. The third-order valence-corrected chi connectivity index (χ3v) is 2.68. The van der Waals surface area contributed by atoms with E-state index in [1.54, 1.807) is 0 Å². The normalized spacial score (nSPS) is 22.1. The van der Waals surface area contributed by atoms with Gasteiger partial charge in [0, 0.05) is 0 Å². The maximum Gasteiger partial charge on any atom is 0.115 e. The lowest BCUT2D eigenvalue weighted by molar-refractivity contribution is 0.331. The van der Waals surface area contributed by atoms with Crippen molar-refractivity contribution in [2.75, 3.05) is 0 Å². The van der Waals surface area contributed by atoms with Gasteiger partial charge in [-0.3, -0.25) is 0 Å². The molecule has 1 aliphatic carbocycles. The van der Waals surface area contributed by atoms with Crippen molar-refractivity contribution >= 4 is 23.2 Å². The number of halogens is 2. The number of hydrogen-bond donors (Lipinski definition) is 0. The molecule has 0 heterocycles. The largest absolute Gasteiger partial charge is 0.115 e. The molecule has 1 rings (SSSR count). The van der Waals surface area contributed by atoms with E-state index >= 15 is 0 Å². The first-order valence-corrected chi connectivity index (χ1v) is 5.21. The SMILES string of the molecule is CC(Cl)(Cl)CC1CCCCC1. The topological polar surface area (TPSA) is 0 Å². The second-order valence-corrected chi connectivity index (χ2v) is 5.64. The van der Waals surface area contributed by atoms with Crippen LogP contribution in [0.1, 0.15) is 45.4 Å². The van der Waals surface area contributed by atoms with Crippen molar-refractivity contribution < 1.29 is 0 Å². The Morgan fingerprint density at radius 2 is 1.73 bits per heavy atom. The Morgan fingerprint density at radius 3 is 2.18 bits per heavy atom. The quantitative estimate of drug-likeness (QED) is 0.580. The molecule has 0 saturated heterocycles. The van der Waals surface area contributed by atoms with Crippen molar-refractivity contribution in [3.05, 3.63) is 0 Å². The van der Waals surface area contributed by atoms with Gasteiger partial charge < -0.3 is 0 Å². The summed E-state index contributed by atoms with van der Waals surface area (Å²) in [5, 5.41) is 0. The molecule has 2 heteroatoms. The predicted octanol–water partition coefficient (Wildman–Crippen LogP) is 4.15. The molecule has 1 saturated carbocycles. The molecular weight excluding hydrogens is 179 g/mol. The van der Waals surface area contributed by atoms with Crippen molar-refractivity contribution in [3.8, 4) is 0 Å². The fourth-order valence-corrected chi connectivity index (χ4v) is 2.33. The Labute approximate surface area is 79.3 Å². The average molecular weight is 195 g/mol. The lowest BCUT2D eigenvalue weighted by Crippen LogP contribution is -2.16. The van der Waals surface area contributed by atoms with Crippen LogP contribution in [0.5, 0.6) is 0 Å². The van der Waals surface area contributed by atoms with Crippen LogP contribution >= 0.6 is 23.2 Å². The summed E-state index contributed by atoms with van der Waals surface area (Å²) in [6.45, 7) is 1.89. The Hall–Kier alpha value is 0.580. The molecule has 0 nitrogen and oxygen atoms in total. The van der Waals surface area contributed by atoms with Crippen LogP contribution in [-0.4, -0.2) is 4.33 Å². The first kappa shape index (κ1) is 9.67. The highest BCUT2D eigenvalue weighted by Gasteiger charge is 2.23. The maximum atomic E-state index is 5.93. The zero-order valence-electron chi connectivity index (χ0n) is 7.08. The van der Waals surface area contributed by atoms with E-state index < -0.39 is 4.33 Å². The molecule has 1 fully saturated rings. The summed E-state index contributed by atoms with van der Waals surface area (Å²) in [6.07, 6.45) is 7.76. The number of rotatable bonds is 2. The standard InChI is InChI=1S/C9H16Cl2/c1-9(10,11)7-8-5-3-2-4-6-8/h8H,2-7H2,1H3. The molecule has 0 bridgehead atoms. The smallest absolute Gasteiger partial charge is 0.102 e. The lowest BCUT2D eigenvalue weighted by atomic mass is 9.86. The zero-order valence-corrected chi connectivity index (χ0v) is 8.59. The highest BCUT2D eigenvalue weighted by atomic mass is 35.5. The van der Waals surface area contributed by atoms with Crippen molar-refractivity contribution in [1.29, 1.82) is 0 Å². The van der Waals surface area contributed by atoms with Gasteiger partial charge in [-0.05, 0) is 19.3 Å². The molecule has 11 heavy (non-hydrogen) atoms.